The molecule has 1 amide bonds. The minimum atomic E-state index is -0.510. The number of hydrogen-bond donors (Lipinski definition) is 1. The van der Waals surface area contributed by atoms with Gasteiger partial charge < -0.3 is 15.0 Å². The van der Waals surface area contributed by atoms with Crippen LogP contribution in [0, 0.1) is 11.3 Å². The van der Waals surface area contributed by atoms with Crippen LogP contribution in [0.2, 0.25) is 0 Å². The molecule has 1 N–H and O–H groups in total. The first-order chi connectivity index (χ1) is 12.9. The molecule has 1 saturated heterocycles. The highest BCUT2D eigenvalue weighted by molar-refractivity contribution is 5.72. The molecule has 0 spiro atoms. The largest absolute Gasteiger partial charge is 0.444 e. The van der Waals surface area contributed by atoms with Crippen molar-refractivity contribution in [3.63, 3.8) is 0 Å². The van der Waals surface area contributed by atoms with E-state index < -0.39 is 11.7 Å². The van der Waals surface area contributed by atoms with Gasteiger partial charge in [-0.3, -0.25) is 0 Å². The molecule has 1 fully saturated rings. The number of alkyl carbamates (subject to hydrolysis) is 1. The summed E-state index contributed by atoms with van der Waals surface area (Å²) in [7, 11) is 0. The highest BCUT2D eigenvalue weighted by Gasteiger charge is 2.27. The third kappa shape index (κ3) is 4.79. The maximum Gasteiger partial charge on any atom is 0.407 e. The third-order valence-corrected chi connectivity index (χ3v) is 4.47. The van der Waals surface area contributed by atoms with Crippen molar-refractivity contribution in [1.82, 2.24) is 5.32 Å². The number of carbonyl (C=O) groups excluding carboxylic acids is 1. The lowest BCUT2D eigenvalue weighted by Crippen LogP contribution is -2.40. The lowest BCUT2D eigenvalue weighted by molar-refractivity contribution is 0.0509. The molecule has 0 aromatic heterocycles. The summed E-state index contributed by atoms with van der Waals surface area (Å²) in [4.78, 5) is 14.1. The molecule has 1 aliphatic rings. The van der Waals surface area contributed by atoms with Crippen LogP contribution in [0.3, 0.4) is 0 Å². The van der Waals surface area contributed by atoms with Gasteiger partial charge in [0.2, 0.25) is 0 Å². The van der Waals surface area contributed by atoms with E-state index in [1.165, 1.54) is 0 Å². The van der Waals surface area contributed by atoms with E-state index in [0.717, 1.165) is 29.8 Å². The van der Waals surface area contributed by atoms with Crippen LogP contribution in [-0.4, -0.2) is 30.8 Å². The number of nitrogens with zero attached hydrogens (tertiary/aromatic N) is 2. The molecule has 5 nitrogen and oxygen atoms in total. The van der Waals surface area contributed by atoms with Crippen molar-refractivity contribution in [2.45, 2.75) is 38.8 Å². The summed E-state index contributed by atoms with van der Waals surface area (Å²) in [6, 6.07) is 18.3. The molecular formula is C22H25N3O2. The summed E-state index contributed by atoms with van der Waals surface area (Å²) in [6.07, 6.45) is 0.430. The second kappa shape index (κ2) is 7.71. The molecule has 0 radical (unpaired) electrons. The Morgan fingerprint density at radius 3 is 2.59 bits per heavy atom. The van der Waals surface area contributed by atoms with Crippen molar-refractivity contribution in [1.29, 1.82) is 5.26 Å². The fourth-order valence-corrected chi connectivity index (χ4v) is 3.28. The average molecular weight is 363 g/mol. The number of nitrogens with one attached hydrogen (secondary N) is 1. The van der Waals surface area contributed by atoms with Gasteiger partial charge in [-0.1, -0.05) is 36.4 Å². The minimum absolute atomic E-state index is 0.0141. The monoisotopic (exact) mass is 363 g/mol. The van der Waals surface area contributed by atoms with E-state index in [-0.39, 0.29) is 6.04 Å². The average Bonchev–Trinajstić information content (AvgIpc) is 3.08. The molecule has 2 aromatic carbocycles. The molecule has 3 rings (SSSR count). The normalized spacial score (nSPS) is 16.7. The summed E-state index contributed by atoms with van der Waals surface area (Å²) in [5.41, 5.74) is 3.16. The second-order valence-electron chi connectivity index (χ2n) is 7.79. The zero-order valence-corrected chi connectivity index (χ0v) is 16.0. The summed E-state index contributed by atoms with van der Waals surface area (Å²) in [5, 5.41) is 12.5. The van der Waals surface area contributed by atoms with Crippen LogP contribution in [0.25, 0.3) is 11.1 Å². The van der Waals surface area contributed by atoms with Crippen LogP contribution in [0.1, 0.15) is 32.8 Å². The van der Waals surface area contributed by atoms with Crippen LogP contribution >= 0.6 is 0 Å². The topological polar surface area (TPSA) is 65.4 Å². The molecule has 1 aliphatic heterocycles. The predicted octanol–water partition coefficient (Wildman–Crippen LogP) is 4.33. The Hall–Kier alpha value is -3.00. The Bertz CT molecular complexity index is 850. The van der Waals surface area contributed by atoms with Crippen molar-refractivity contribution in [2.24, 2.45) is 0 Å². The third-order valence-electron chi connectivity index (χ3n) is 4.47. The van der Waals surface area contributed by atoms with Gasteiger partial charge in [-0.2, -0.15) is 5.26 Å². The van der Waals surface area contributed by atoms with Crippen LogP contribution in [-0.2, 0) is 4.74 Å². The van der Waals surface area contributed by atoms with Crippen LogP contribution < -0.4 is 10.2 Å². The quantitative estimate of drug-likeness (QED) is 0.881. The zero-order valence-electron chi connectivity index (χ0n) is 16.0. The van der Waals surface area contributed by atoms with Gasteiger partial charge in [-0.15, -0.1) is 0 Å². The smallest absolute Gasteiger partial charge is 0.407 e. The SMILES string of the molecule is CC(C)(C)OC(=O)NC1CCN(c2ccc(-c3ccccc3)cc2C#N)C1. The molecule has 5 heteroatoms. The summed E-state index contributed by atoms with van der Waals surface area (Å²) < 4.78 is 5.33. The highest BCUT2D eigenvalue weighted by atomic mass is 16.6. The fourth-order valence-electron chi connectivity index (χ4n) is 3.28. The van der Waals surface area contributed by atoms with Gasteiger partial charge in [0.1, 0.15) is 11.7 Å². The van der Waals surface area contributed by atoms with Crippen LogP contribution in [0.4, 0.5) is 10.5 Å². The standard InChI is InChI=1S/C22H25N3O2/c1-22(2,3)27-21(26)24-19-11-12-25(15-19)20-10-9-17(13-18(20)14-23)16-7-5-4-6-8-16/h4-10,13,19H,11-12,15H2,1-3H3,(H,24,26). The number of amides is 1. The van der Waals surface area contributed by atoms with E-state index >= 15 is 0 Å². The van der Waals surface area contributed by atoms with Crippen LogP contribution in [0.15, 0.2) is 48.5 Å². The number of rotatable bonds is 3. The predicted molar refractivity (Wildman–Crippen MR) is 107 cm³/mol. The summed E-state index contributed by atoms with van der Waals surface area (Å²) >= 11 is 0. The minimum Gasteiger partial charge on any atom is -0.444 e. The van der Waals surface area contributed by atoms with E-state index in [4.69, 9.17) is 4.74 Å². The number of hydrogen-bond acceptors (Lipinski definition) is 4. The van der Waals surface area contributed by atoms with Crippen molar-refractivity contribution < 1.29 is 9.53 Å². The van der Waals surface area contributed by atoms with Crippen molar-refractivity contribution in [3.05, 3.63) is 54.1 Å². The maximum absolute atomic E-state index is 12.0. The Balaban J connectivity index is 1.70. The number of carbonyl (C=O) groups is 1. The number of nitriles is 1. The lowest BCUT2D eigenvalue weighted by Gasteiger charge is -2.23. The van der Waals surface area contributed by atoms with E-state index in [9.17, 15) is 10.1 Å². The molecule has 1 atom stereocenters. The second-order valence-corrected chi connectivity index (χ2v) is 7.79. The molecule has 0 saturated carbocycles. The Morgan fingerprint density at radius 1 is 1.19 bits per heavy atom. The van der Waals surface area contributed by atoms with E-state index in [2.05, 4.69) is 16.3 Å². The zero-order chi connectivity index (χ0) is 19.4. The molecule has 1 heterocycles. The van der Waals surface area contributed by atoms with Gasteiger partial charge in [-0.05, 0) is 50.5 Å². The van der Waals surface area contributed by atoms with Crippen molar-refractivity contribution in [2.75, 3.05) is 18.0 Å². The van der Waals surface area contributed by atoms with Gasteiger partial charge >= 0.3 is 6.09 Å². The maximum atomic E-state index is 12.0. The van der Waals surface area contributed by atoms with Gasteiger partial charge in [0.25, 0.3) is 0 Å². The van der Waals surface area contributed by atoms with E-state index in [1.807, 2.05) is 69.3 Å². The Kier molecular flexibility index (Phi) is 5.36. The number of ether oxygens (including phenoxy) is 1. The highest BCUT2D eigenvalue weighted by Crippen LogP contribution is 2.29. The first-order valence-corrected chi connectivity index (χ1v) is 9.20. The number of benzene rings is 2. The Morgan fingerprint density at radius 2 is 1.93 bits per heavy atom. The first kappa shape index (κ1) is 18.8. The first-order valence-electron chi connectivity index (χ1n) is 9.20. The van der Waals surface area contributed by atoms with Crippen LogP contribution in [0.5, 0.6) is 0 Å². The van der Waals surface area contributed by atoms with Gasteiger partial charge in [-0.25, -0.2) is 4.79 Å². The Labute approximate surface area is 160 Å². The van der Waals surface area contributed by atoms with Crippen molar-refractivity contribution in [3.8, 4) is 17.2 Å². The molecule has 27 heavy (non-hydrogen) atoms. The molecule has 0 bridgehead atoms. The van der Waals surface area contributed by atoms with E-state index in [1.54, 1.807) is 0 Å². The van der Waals surface area contributed by atoms with Gasteiger partial charge in [0, 0.05) is 13.1 Å². The van der Waals surface area contributed by atoms with Gasteiger partial charge in [0.15, 0.2) is 0 Å². The lowest BCUT2D eigenvalue weighted by atomic mass is 10.0. The van der Waals surface area contributed by atoms with Crippen molar-refractivity contribution >= 4 is 11.8 Å². The molecule has 1 unspecified atom stereocenters. The molecule has 0 aliphatic carbocycles. The molecule has 2 aromatic rings. The number of anilines is 1. The fraction of sp³-hybridized carbons (Fsp3) is 0.364. The van der Waals surface area contributed by atoms with E-state index in [0.29, 0.717) is 12.1 Å². The molecule has 140 valence electrons. The summed E-state index contributed by atoms with van der Waals surface area (Å²) in [5.74, 6) is 0. The van der Waals surface area contributed by atoms with Gasteiger partial charge in [0.05, 0.1) is 17.3 Å². The summed E-state index contributed by atoms with van der Waals surface area (Å²) in [6.45, 7) is 7.00. The molecular weight excluding hydrogens is 338 g/mol.